The summed E-state index contributed by atoms with van der Waals surface area (Å²) < 4.78 is 4.08. The van der Waals surface area contributed by atoms with Crippen molar-refractivity contribution >= 4 is 14.0 Å². The van der Waals surface area contributed by atoms with Crippen LogP contribution in [-0.4, -0.2) is 14.0 Å². The Hall–Kier alpha value is -0.465. The van der Waals surface area contributed by atoms with Gasteiger partial charge in [-0.15, -0.1) is 0 Å². The summed E-state index contributed by atoms with van der Waals surface area (Å²) in [5, 5.41) is 0. The molecule has 0 aliphatic heterocycles. The van der Waals surface area contributed by atoms with Crippen LogP contribution in [0.15, 0.2) is 0 Å². The van der Waals surface area contributed by atoms with Crippen molar-refractivity contribution in [2.75, 3.05) is 0 Å². The van der Waals surface area contributed by atoms with Crippen LogP contribution in [0.3, 0.4) is 0 Å². The molecule has 0 saturated heterocycles. The molecule has 0 fully saturated rings. The molecule has 2 radical (unpaired) electrons. The number of carbonyl (C=O) groups excluding carboxylic acids is 1. The van der Waals surface area contributed by atoms with E-state index in [0.29, 0.717) is 6.42 Å². The predicted molar refractivity (Wildman–Crippen MR) is 63.7 cm³/mol. The maximum atomic E-state index is 10.7. The average molecular weight is 210 g/mol. The molecule has 0 rings (SSSR count). The van der Waals surface area contributed by atoms with E-state index in [9.17, 15) is 4.79 Å². The van der Waals surface area contributed by atoms with Crippen molar-refractivity contribution in [2.24, 2.45) is 0 Å². The summed E-state index contributed by atoms with van der Waals surface area (Å²) in [4.78, 5) is 10.7. The standard InChI is InChI=1S/C12H23BO2/c1-2-3-4-5-6-7-8-9-10-11-12(14)15-13/h2-11H2,1H3. The molecule has 0 aromatic rings. The zero-order valence-electron chi connectivity index (χ0n) is 9.96. The van der Waals surface area contributed by atoms with E-state index >= 15 is 0 Å². The maximum Gasteiger partial charge on any atom is 0.378 e. The van der Waals surface area contributed by atoms with Gasteiger partial charge in [-0.05, 0) is 6.42 Å². The second kappa shape index (κ2) is 11.6. The number of hydrogen-bond donors (Lipinski definition) is 0. The van der Waals surface area contributed by atoms with Gasteiger partial charge in [-0.2, -0.15) is 0 Å². The van der Waals surface area contributed by atoms with Crippen molar-refractivity contribution in [3.63, 3.8) is 0 Å². The Bertz CT molecular complexity index is 149. The quantitative estimate of drug-likeness (QED) is 0.407. The number of unbranched alkanes of at least 4 members (excludes halogenated alkanes) is 8. The molecule has 0 saturated carbocycles. The minimum absolute atomic E-state index is 0.294. The highest BCUT2D eigenvalue weighted by Crippen LogP contribution is 2.10. The van der Waals surface area contributed by atoms with E-state index in [4.69, 9.17) is 8.05 Å². The summed E-state index contributed by atoms with van der Waals surface area (Å²) >= 11 is 0. The molecule has 3 heteroatoms. The topological polar surface area (TPSA) is 26.3 Å². The Morgan fingerprint density at radius 2 is 1.40 bits per heavy atom. The molecule has 0 aliphatic carbocycles. The molecule has 0 bridgehead atoms. The minimum atomic E-state index is -0.294. The van der Waals surface area contributed by atoms with Gasteiger partial charge in [0.05, 0.1) is 0 Å². The Labute approximate surface area is 95.2 Å². The zero-order valence-corrected chi connectivity index (χ0v) is 9.96. The van der Waals surface area contributed by atoms with Crippen molar-refractivity contribution in [1.29, 1.82) is 0 Å². The molecule has 15 heavy (non-hydrogen) atoms. The van der Waals surface area contributed by atoms with Crippen molar-refractivity contribution in [3.8, 4) is 0 Å². The first kappa shape index (κ1) is 14.5. The molecule has 2 nitrogen and oxygen atoms in total. The van der Waals surface area contributed by atoms with Gasteiger partial charge < -0.3 is 4.65 Å². The molecule has 0 aromatic carbocycles. The van der Waals surface area contributed by atoms with Crippen LogP contribution in [-0.2, 0) is 9.45 Å². The van der Waals surface area contributed by atoms with Crippen molar-refractivity contribution < 1.29 is 9.45 Å². The molecule has 0 aliphatic rings. The molecule has 0 heterocycles. The third kappa shape index (κ3) is 11.5. The van der Waals surface area contributed by atoms with Gasteiger partial charge in [-0.3, -0.25) is 4.79 Å². The van der Waals surface area contributed by atoms with Gasteiger partial charge in [-0.25, -0.2) is 0 Å². The summed E-state index contributed by atoms with van der Waals surface area (Å²) in [7, 11) is 4.73. The van der Waals surface area contributed by atoms with Crippen LogP contribution in [0, 0.1) is 0 Å². The van der Waals surface area contributed by atoms with Crippen molar-refractivity contribution in [2.45, 2.75) is 71.1 Å². The third-order valence-electron chi connectivity index (χ3n) is 2.62. The second-order valence-electron chi connectivity index (χ2n) is 4.07. The number of hydrogen-bond acceptors (Lipinski definition) is 2. The normalized spacial score (nSPS) is 10.2. The summed E-state index contributed by atoms with van der Waals surface area (Å²) in [5.74, 6) is -0.294. The maximum absolute atomic E-state index is 10.7. The first-order chi connectivity index (χ1) is 7.31. The lowest BCUT2D eigenvalue weighted by Crippen LogP contribution is -2.00. The van der Waals surface area contributed by atoms with E-state index in [1.54, 1.807) is 0 Å². The molecule has 0 spiro atoms. The van der Waals surface area contributed by atoms with Gasteiger partial charge in [0.1, 0.15) is 0 Å². The Kier molecular flexibility index (Phi) is 11.2. The van der Waals surface area contributed by atoms with Crippen LogP contribution in [0.25, 0.3) is 0 Å². The molecule has 0 aromatic heterocycles. The zero-order chi connectivity index (χ0) is 11.4. The lowest BCUT2D eigenvalue weighted by Gasteiger charge is -2.01. The molecule has 0 unspecified atom stereocenters. The van der Waals surface area contributed by atoms with E-state index in [0.717, 1.165) is 12.8 Å². The van der Waals surface area contributed by atoms with Crippen molar-refractivity contribution in [3.05, 3.63) is 0 Å². The highest BCUT2D eigenvalue weighted by molar-refractivity contribution is 6.05. The smallest absolute Gasteiger partial charge is 0.378 e. The molecule has 86 valence electrons. The van der Waals surface area contributed by atoms with Gasteiger partial charge in [0.25, 0.3) is 5.97 Å². The van der Waals surface area contributed by atoms with Gasteiger partial charge in [0.15, 0.2) is 0 Å². The van der Waals surface area contributed by atoms with Gasteiger partial charge in [-0.1, -0.05) is 58.3 Å². The summed E-state index contributed by atoms with van der Waals surface area (Å²) in [6, 6.07) is 0. The fourth-order valence-corrected chi connectivity index (χ4v) is 1.64. The number of rotatable bonds is 10. The van der Waals surface area contributed by atoms with Crippen LogP contribution in [0.5, 0.6) is 0 Å². The van der Waals surface area contributed by atoms with Gasteiger partial charge in [0.2, 0.25) is 0 Å². The minimum Gasteiger partial charge on any atom is -0.543 e. The lowest BCUT2D eigenvalue weighted by molar-refractivity contribution is -0.134. The van der Waals surface area contributed by atoms with Crippen LogP contribution < -0.4 is 0 Å². The van der Waals surface area contributed by atoms with Crippen molar-refractivity contribution in [1.82, 2.24) is 0 Å². The molecule has 0 N–H and O–H groups in total. The van der Waals surface area contributed by atoms with Crippen LogP contribution in [0.4, 0.5) is 0 Å². The Balaban J connectivity index is 2.95. The Morgan fingerprint density at radius 1 is 0.933 bits per heavy atom. The molecule has 0 amide bonds. The first-order valence-corrected chi connectivity index (χ1v) is 6.20. The first-order valence-electron chi connectivity index (χ1n) is 6.20. The fourth-order valence-electron chi connectivity index (χ4n) is 1.64. The van der Waals surface area contributed by atoms with E-state index in [2.05, 4.69) is 11.6 Å². The van der Waals surface area contributed by atoms with Crippen LogP contribution in [0.2, 0.25) is 0 Å². The predicted octanol–water partition coefficient (Wildman–Crippen LogP) is 3.53. The van der Waals surface area contributed by atoms with E-state index < -0.39 is 0 Å². The van der Waals surface area contributed by atoms with Crippen LogP contribution in [0.1, 0.15) is 71.1 Å². The summed E-state index contributed by atoms with van der Waals surface area (Å²) in [5.41, 5.74) is 0. The summed E-state index contributed by atoms with van der Waals surface area (Å²) in [6.45, 7) is 2.23. The van der Waals surface area contributed by atoms with Crippen LogP contribution >= 0.6 is 0 Å². The van der Waals surface area contributed by atoms with E-state index in [1.165, 1.54) is 44.9 Å². The largest absolute Gasteiger partial charge is 0.543 e. The highest BCUT2D eigenvalue weighted by Gasteiger charge is 1.98. The van der Waals surface area contributed by atoms with Gasteiger partial charge >= 0.3 is 8.05 Å². The SMILES string of the molecule is [B]OC(=O)CCCCCCCCCCC. The fraction of sp³-hybridized carbons (Fsp3) is 0.917. The molecular weight excluding hydrogens is 187 g/mol. The average Bonchev–Trinajstić information content (AvgIpc) is 2.26. The summed E-state index contributed by atoms with van der Waals surface area (Å²) in [6.07, 6.45) is 11.7. The second-order valence-corrected chi connectivity index (χ2v) is 4.07. The third-order valence-corrected chi connectivity index (χ3v) is 2.62. The monoisotopic (exact) mass is 210 g/mol. The number of carbonyl (C=O) groups is 1. The highest BCUT2D eigenvalue weighted by atomic mass is 16.5. The Morgan fingerprint density at radius 3 is 1.87 bits per heavy atom. The van der Waals surface area contributed by atoms with E-state index in [1.807, 2.05) is 0 Å². The van der Waals surface area contributed by atoms with E-state index in [-0.39, 0.29) is 5.97 Å². The molecular formula is C12H23BO2. The lowest BCUT2D eigenvalue weighted by atomic mass is 10.1. The molecule has 0 atom stereocenters. The van der Waals surface area contributed by atoms with Gasteiger partial charge in [0, 0.05) is 6.42 Å².